The molecule has 0 bridgehead atoms. The van der Waals surface area contributed by atoms with E-state index in [2.05, 4.69) is 49.7 Å². The number of aliphatic imine (C=N–C) groups is 1. The number of imide groups is 1. The lowest BCUT2D eigenvalue weighted by Crippen LogP contribution is -2.36. The number of halogens is 1. The van der Waals surface area contributed by atoms with Crippen LogP contribution in [0.2, 0.25) is 0 Å². The summed E-state index contributed by atoms with van der Waals surface area (Å²) in [7, 11) is 7.88. The summed E-state index contributed by atoms with van der Waals surface area (Å²) in [5, 5.41) is 21.7. The highest BCUT2D eigenvalue weighted by Gasteiger charge is 2.35. The normalized spacial score (nSPS) is 18.9. The van der Waals surface area contributed by atoms with Gasteiger partial charge in [-0.15, -0.1) is 14.3 Å². The van der Waals surface area contributed by atoms with Gasteiger partial charge in [0.15, 0.2) is 6.29 Å². The molecular weight excluding hydrogens is 698 g/mol. The Kier molecular flexibility index (Phi) is 18.9. The second kappa shape index (κ2) is 23.0. The molecule has 1 heterocycles. The zero-order valence-corrected chi connectivity index (χ0v) is 32.4. The van der Waals surface area contributed by atoms with Crippen LogP contribution in [0.15, 0.2) is 107 Å². The number of allylic oxidation sites excluding steroid dienone is 3. The van der Waals surface area contributed by atoms with E-state index in [1.54, 1.807) is 49.5 Å². The van der Waals surface area contributed by atoms with Crippen LogP contribution < -0.4 is 5.48 Å². The molecule has 5 rings (SSSR count). The summed E-state index contributed by atoms with van der Waals surface area (Å²) in [4.78, 5) is 40.4. The molecule has 4 atom stereocenters. The highest BCUT2D eigenvalue weighted by molar-refractivity contribution is 7.22. The number of fused-ring (bicyclic) bond motifs is 1. The average Bonchev–Trinajstić information content (AvgIpc) is 3.25. The van der Waals surface area contributed by atoms with Crippen LogP contribution in [0.25, 0.3) is 0 Å². The summed E-state index contributed by atoms with van der Waals surface area (Å²) in [5.74, 6) is 0.0203. The first-order valence-corrected chi connectivity index (χ1v) is 18.4. The van der Waals surface area contributed by atoms with Crippen LogP contribution >= 0.6 is 9.24 Å². The van der Waals surface area contributed by atoms with E-state index in [-0.39, 0.29) is 30.7 Å². The third-order valence-corrected chi connectivity index (χ3v) is 8.81. The molecule has 288 valence electrons. The van der Waals surface area contributed by atoms with Gasteiger partial charge >= 0.3 is 0 Å². The Morgan fingerprint density at radius 1 is 1.06 bits per heavy atom. The number of ether oxygens (including phenoxy) is 1. The van der Waals surface area contributed by atoms with Crippen molar-refractivity contribution in [2.45, 2.75) is 83.3 Å². The Hall–Kier alpha value is -3.87. The number of amidine groups is 1. The van der Waals surface area contributed by atoms with Gasteiger partial charge in [-0.05, 0) is 87.2 Å². The van der Waals surface area contributed by atoms with Crippen molar-refractivity contribution in [3.63, 3.8) is 0 Å². The van der Waals surface area contributed by atoms with Gasteiger partial charge in [-0.2, -0.15) is 0 Å². The Labute approximate surface area is 315 Å². The van der Waals surface area contributed by atoms with Gasteiger partial charge in [0.1, 0.15) is 17.8 Å². The van der Waals surface area contributed by atoms with E-state index in [0.717, 1.165) is 47.9 Å². The Morgan fingerprint density at radius 2 is 1.72 bits per heavy atom. The van der Waals surface area contributed by atoms with Crippen molar-refractivity contribution in [2.24, 2.45) is 4.99 Å². The van der Waals surface area contributed by atoms with E-state index in [9.17, 15) is 24.2 Å². The molecule has 2 aromatic rings. The van der Waals surface area contributed by atoms with Crippen molar-refractivity contribution in [3.8, 4) is 0 Å². The fourth-order valence-corrected chi connectivity index (χ4v) is 5.92. The summed E-state index contributed by atoms with van der Waals surface area (Å²) in [6.07, 6.45) is 15.2. The molecule has 3 N–H and O–H groups in total. The highest BCUT2D eigenvalue weighted by Crippen LogP contribution is 2.25. The third kappa shape index (κ3) is 14.5. The topological polar surface area (TPSA) is 133 Å². The number of carbonyl (C=O) groups is 2. The van der Waals surface area contributed by atoms with Gasteiger partial charge in [-0.3, -0.25) is 19.3 Å². The fraction of sp³-hybridized carbons (Fsp3) is 0.425. The SMILES string of the molecule is CNOC1C=C(N=C(CCCCC(O)OC(C)C)N(C)C2C=CC(P)=CC2)CC(CO)=CC1.CON1C(=O)c2ccccc2C1=O.Fc1ccccc1. The minimum atomic E-state index is -0.726. The van der Waals surface area contributed by atoms with E-state index in [1.165, 1.54) is 24.6 Å². The van der Waals surface area contributed by atoms with Gasteiger partial charge in [0, 0.05) is 32.6 Å². The van der Waals surface area contributed by atoms with Gasteiger partial charge in [0.05, 0.1) is 37.0 Å². The van der Waals surface area contributed by atoms with Crippen LogP contribution in [0.1, 0.15) is 79.5 Å². The van der Waals surface area contributed by atoms with E-state index in [1.807, 2.05) is 26.0 Å². The first-order valence-electron chi connectivity index (χ1n) is 17.8. The molecule has 2 amide bonds. The quantitative estimate of drug-likeness (QED) is 0.0307. The van der Waals surface area contributed by atoms with Crippen LogP contribution in [0.3, 0.4) is 0 Å². The molecule has 0 saturated heterocycles. The number of hydroxylamine groups is 3. The number of rotatable bonds is 13. The first kappa shape index (κ1) is 43.5. The Bertz CT molecular complexity index is 1590. The van der Waals surface area contributed by atoms with E-state index < -0.39 is 18.1 Å². The van der Waals surface area contributed by atoms with Crippen LogP contribution in [0.5, 0.6) is 0 Å². The number of carbonyl (C=O) groups excluding carboxylic acids is 2. The standard InChI is InChI=1S/C25H42N3O4P.C9H7NO3.C6H5F/c1-18(2)31-25(30)8-6-5-7-24(28(4)21-10-13-23(33)14-11-21)27-20-15-19(17-29)9-12-22(16-20)32-26-3;1-13-10-8(11)6-4-2-3-5-7(6)9(10)12;7-6-4-2-1-3-5-6/h9-10,13-14,16,18,21-22,25-26,29-30H,5-8,11-12,15,17,33H2,1-4H3;2-5H,1H3;1-5H. The molecule has 0 aromatic heterocycles. The molecule has 0 spiro atoms. The van der Waals surface area contributed by atoms with E-state index in [0.29, 0.717) is 30.4 Å². The van der Waals surface area contributed by atoms with Crippen molar-refractivity contribution < 1.29 is 38.6 Å². The molecule has 53 heavy (non-hydrogen) atoms. The summed E-state index contributed by atoms with van der Waals surface area (Å²) < 4.78 is 17.3. The number of likely N-dealkylation sites (N-methyl/N-ethyl adjacent to an activating group) is 1. The molecule has 1 aliphatic heterocycles. The maximum absolute atomic E-state index is 11.9. The number of nitrogens with zero attached hydrogens (tertiary/aromatic N) is 3. The van der Waals surface area contributed by atoms with Gasteiger partial charge < -0.3 is 19.8 Å². The summed E-state index contributed by atoms with van der Waals surface area (Å²) in [5.41, 5.74) is 5.42. The monoisotopic (exact) mass is 752 g/mol. The van der Waals surface area contributed by atoms with Crippen molar-refractivity contribution in [1.29, 1.82) is 0 Å². The third-order valence-electron chi connectivity index (χ3n) is 8.38. The number of benzene rings is 2. The molecule has 0 fully saturated rings. The Balaban J connectivity index is 0.000000303. The second-order valence-corrected chi connectivity index (χ2v) is 13.4. The molecule has 4 unspecified atom stereocenters. The number of hydrogen-bond donors (Lipinski definition) is 3. The van der Waals surface area contributed by atoms with Crippen LogP contribution in [-0.4, -0.2) is 90.2 Å². The maximum Gasteiger partial charge on any atom is 0.285 e. The minimum absolute atomic E-state index is 0.0137. The van der Waals surface area contributed by atoms with Crippen molar-refractivity contribution in [1.82, 2.24) is 15.4 Å². The van der Waals surface area contributed by atoms with Crippen molar-refractivity contribution in [2.75, 3.05) is 27.8 Å². The van der Waals surface area contributed by atoms with Crippen LogP contribution in [0, 0.1) is 5.82 Å². The lowest BCUT2D eigenvalue weighted by Gasteiger charge is -2.30. The number of hydrogen-bond acceptors (Lipinski definition) is 9. The molecule has 2 aliphatic carbocycles. The predicted octanol–water partition coefficient (Wildman–Crippen LogP) is 6.49. The van der Waals surface area contributed by atoms with Gasteiger partial charge in [0.25, 0.3) is 11.8 Å². The molecular formula is C40H54FN4O7P. The number of unbranched alkanes of at least 4 members (excludes halogenated alkanes) is 1. The molecule has 0 saturated carbocycles. The minimum Gasteiger partial charge on any atom is -0.392 e. The average molecular weight is 753 g/mol. The summed E-state index contributed by atoms with van der Waals surface area (Å²) in [6, 6.07) is 14.8. The van der Waals surface area contributed by atoms with Crippen molar-refractivity contribution in [3.05, 3.63) is 119 Å². The van der Waals surface area contributed by atoms with Gasteiger partial charge in [0.2, 0.25) is 0 Å². The number of nitrogens with one attached hydrogen (secondary N) is 1. The summed E-state index contributed by atoms with van der Waals surface area (Å²) in [6.45, 7) is 3.87. The molecule has 13 heteroatoms. The fourth-order valence-electron chi connectivity index (χ4n) is 5.67. The van der Waals surface area contributed by atoms with Crippen molar-refractivity contribution >= 4 is 26.9 Å². The largest absolute Gasteiger partial charge is 0.392 e. The number of aliphatic hydroxyl groups is 2. The summed E-state index contributed by atoms with van der Waals surface area (Å²) >= 11 is 0. The Morgan fingerprint density at radius 3 is 2.25 bits per heavy atom. The molecule has 0 radical (unpaired) electrons. The molecule has 11 nitrogen and oxygen atoms in total. The first-order chi connectivity index (χ1) is 25.5. The number of aliphatic hydroxyl groups excluding tert-OH is 2. The lowest BCUT2D eigenvalue weighted by atomic mass is 10.1. The zero-order valence-electron chi connectivity index (χ0n) is 31.3. The molecule has 2 aromatic carbocycles. The van der Waals surface area contributed by atoms with E-state index in [4.69, 9.17) is 14.6 Å². The van der Waals surface area contributed by atoms with Gasteiger partial charge in [-0.25, -0.2) is 14.9 Å². The smallest absolute Gasteiger partial charge is 0.285 e. The predicted molar refractivity (Wildman–Crippen MR) is 208 cm³/mol. The highest BCUT2D eigenvalue weighted by atomic mass is 31.0. The van der Waals surface area contributed by atoms with Crippen LogP contribution in [0.4, 0.5) is 4.39 Å². The maximum atomic E-state index is 11.9. The van der Waals surface area contributed by atoms with E-state index >= 15 is 0 Å². The second-order valence-electron chi connectivity index (χ2n) is 12.8. The zero-order chi connectivity index (χ0) is 38.8. The molecule has 3 aliphatic rings. The van der Waals surface area contributed by atoms with Gasteiger partial charge in [-0.1, -0.05) is 54.6 Å². The lowest BCUT2D eigenvalue weighted by molar-refractivity contribution is -0.129. The number of amides is 2. The van der Waals surface area contributed by atoms with Crippen LogP contribution in [-0.2, 0) is 14.4 Å².